The molecule has 0 saturated carbocycles. The van der Waals surface area contributed by atoms with Crippen LogP contribution in [0.25, 0.3) is 0 Å². The lowest BCUT2D eigenvalue weighted by Gasteiger charge is -2.35. The van der Waals surface area contributed by atoms with Crippen molar-refractivity contribution in [1.29, 1.82) is 0 Å². The lowest BCUT2D eigenvalue weighted by Crippen LogP contribution is -2.56. The molecule has 1 aliphatic heterocycles. The van der Waals surface area contributed by atoms with E-state index in [4.69, 9.17) is 4.74 Å². The number of nitrogens with zero attached hydrogens (tertiary/aromatic N) is 1. The van der Waals surface area contributed by atoms with Crippen LogP contribution >= 0.6 is 0 Å². The monoisotopic (exact) mass is 220 g/mol. The summed E-state index contributed by atoms with van der Waals surface area (Å²) in [5.74, 6) is 1.00. The van der Waals surface area contributed by atoms with Gasteiger partial charge in [-0.1, -0.05) is 18.2 Å². The maximum atomic E-state index is 5.76. The fraction of sp³-hybridized carbons (Fsp3) is 0.538. The van der Waals surface area contributed by atoms with E-state index in [0.717, 1.165) is 32.0 Å². The number of nitrogens with one attached hydrogen (secondary N) is 1. The molecule has 88 valence electrons. The predicted octanol–water partition coefficient (Wildman–Crippen LogP) is 1.28. The van der Waals surface area contributed by atoms with Gasteiger partial charge in [-0.25, -0.2) is 0 Å². The van der Waals surface area contributed by atoms with Crippen molar-refractivity contribution in [3.63, 3.8) is 0 Å². The third-order valence-corrected chi connectivity index (χ3v) is 3.18. The molecule has 3 nitrogen and oxygen atoms in total. The molecule has 0 amide bonds. The lowest BCUT2D eigenvalue weighted by molar-refractivity contribution is 0.151. The Morgan fingerprint density at radius 2 is 2.12 bits per heavy atom. The van der Waals surface area contributed by atoms with Crippen LogP contribution in [0, 0.1) is 6.92 Å². The number of rotatable bonds is 5. The molecule has 1 aromatic carbocycles. The Labute approximate surface area is 97.4 Å². The Balaban J connectivity index is 1.73. The minimum atomic E-state index is 0.695. The molecule has 1 fully saturated rings. The predicted molar refractivity (Wildman–Crippen MR) is 66.0 cm³/mol. The molecule has 0 aliphatic carbocycles. The summed E-state index contributed by atoms with van der Waals surface area (Å²) in [6, 6.07) is 8.85. The highest BCUT2D eigenvalue weighted by Crippen LogP contribution is 2.15. The van der Waals surface area contributed by atoms with Gasteiger partial charge in [-0.05, 0) is 25.6 Å². The summed E-state index contributed by atoms with van der Waals surface area (Å²) in [5, 5.41) is 3.28. The van der Waals surface area contributed by atoms with Gasteiger partial charge in [0.2, 0.25) is 0 Å². The average molecular weight is 220 g/mol. The maximum absolute atomic E-state index is 5.76. The molecule has 1 heterocycles. The topological polar surface area (TPSA) is 24.5 Å². The highest BCUT2D eigenvalue weighted by Gasteiger charge is 2.20. The summed E-state index contributed by atoms with van der Waals surface area (Å²) in [4.78, 5) is 2.36. The number of likely N-dealkylation sites (N-methyl/N-ethyl adjacent to an activating group) is 1. The van der Waals surface area contributed by atoms with Crippen LogP contribution in [0.15, 0.2) is 24.3 Å². The molecular formula is C13H20N2O. The van der Waals surface area contributed by atoms with Crippen molar-refractivity contribution >= 4 is 0 Å². The van der Waals surface area contributed by atoms with Gasteiger partial charge in [0.1, 0.15) is 12.4 Å². The summed E-state index contributed by atoms with van der Waals surface area (Å²) in [5.41, 5.74) is 1.20. The average Bonchev–Trinajstić information content (AvgIpc) is 2.18. The van der Waals surface area contributed by atoms with Crippen molar-refractivity contribution in [1.82, 2.24) is 10.2 Å². The van der Waals surface area contributed by atoms with Gasteiger partial charge in [-0.2, -0.15) is 0 Å². The van der Waals surface area contributed by atoms with E-state index in [9.17, 15) is 0 Å². The number of para-hydroxylation sites is 1. The van der Waals surface area contributed by atoms with E-state index in [2.05, 4.69) is 30.3 Å². The van der Waals surface area contributed by atoms with E-state index in [-0.39, 0.29) is 0 Å². The Hall–Kier alpha value is -1.06. The Morgan fingerprint density at radius 1 is 1.38 bits per heavy atom. The molecule has 16 heavy (non-hydrogen) atoms. The molecule has 3 heteroatoms. The molecule has 2 rings (SSSR count). The van der Waals surface area contributed by atoms with Crippen molar-refractivity contribution in [2.75, 3.05) is 33.3 Å². The first-order valence-corrected chi connectivity index (χ1v) is 5.87. The van der Waals surface area contributed by atoms with Gasteiger partial charge in [0, 0.05) is 25.7 Å². The van der Waals surface area contributed by atoms with Crippen LogP contribution in [-0.2, 0) is 0 Å². The number of aryl methyl sites for hydroxylation is 1. The Bertz CT molecular complexity index is 336. The summed E-state index contributed by atoms with van der Waals surface area (Å²) < 4.78 is 5.76. The molecule has 1 aliphatic rings. The minimum Gasteiger partial charge on any atom is -0.492 e. The molecule has 0 atom stereocenters. The van der Waals surface area contributed by atoms with E-state index in [1.807, 2.05) is 18.2 Å². The van der Waals surface area contributed by atoms with E-state index in [1.54, 1.807) is 0 Å². The SMILES string of the molecule is Cc1ccccc1OCCN(C)C1CNC1. The van der Waals surface area contributed by atoms with Gasteiger partial charge in [-0.15, -0.1) is 0 Å². The van der Waals surface area contributed by atoms with Crippen LogP contribution in [0.4, 0.5) is 0 Å². The highest BCUT2D eigenvalue weighted by molar-refractivity contribution is 5.31. The third kappa shape index (κ3) is 2.74. The maximum Gasteiger partial charge on any atom is 0.122 e. The van der Waals surface area contributed by atoms with E-state index in [1.165, 1.54) is 5.56 Å². The van der Waals surface area contributed by atoms with Crippen molar-refractivity contribution in [2.24, 2.45) is 0 Å². The van der Waals surface area contributed by atoms with Crippen molar-refractivity contribution in [3.8, 4) is 5.75 Å². The fourth-order valence-electron chi connectivity index (χ4n) is 1.79. The van der Waals surface area contributed by atoms with Crippen molar-refractivity contribution < 1.29 is 4.74 Å². The molecule has 0 unspecified atom stereocenters. The largest absolute Gasteiger partial charge is 0.492 e. The zero-order valence-electron chi connectivity index (χ0n) is 10.1. The Morgan fingerprint density at radius 3 is 2.75 bits per heavy atom. The first-order chi connectivity index (χ1) is 7.77. The van der Waals surface area contributed by atoms with Crippen LogP contribution in [0.2, 0.25) is 0 Å². The Kier molecular flexibility index (Phi) is 3.80. The molecule has 0 aromatic heterocycles. The van der Waals surface area contributed by atoms with Gasteiger partial charge >= 0.3 is 0 Å². The second-order valence-corrected chi connectivity index (χ2v) is 4.41. The van der Waals surface area contributed by atoms with Crippen LogP contribution in [0.3, 0.4) is 0 Å². The van der Waals surface area contributed by atoms with E-state index in [0.29, 0.717) is 6.04 Å². The lowest BCUT2D eigenvalue weighted by atomic mass is 10.1. The van der Waals surface area contributed by atoms with Crippen LogP contribution in [-0.4, -0.2) is 44.2 Å². The fourth-order valence-corrected chi connectivity index (χ4v) is 1.79. The number of hydrogen-bond donors (Lipinski definition) is 1. The second-order valence-electron chi connectivity index (χ2n) is 4.41. The van der Waals surface area contributed by atoms with Crippen molar-refractivity contribution in [3.05, 3.63) is 29.8 Å². The molecule has 0 spiro atoms. The number of hydrogen-bond acceptors (Lipinski definition) is 3. The van der Waals surface area contributed by atoms with Crippen LogP contribution < -0.4 is 10.1 Å². The molecule has 1 saturated heterocycles. The molecule has 0 radical (unpaired) electrons. The quantitative estimate of drug-likeness (QED) is 0.809. The van der Waals surface area contributed by atoms with E-state index < -0.39 is 0 Å². The van der Waals surface area contributed by atoms with Crippen LogP contribution in [0.5, 0.6) is 5.75 Å². The normalized spacial score (nSPS) is 16.2. The van der Waals surface area contributed by atoms with Gasteiger partial charge in [0.25, 0.3) is 0 Å². The van der Waals surface area contributed by atoms with Gasteiger partial charge in [-0.3, -0.25) is 4.90 Å². The van der Waals surface area contributed by atoms with Gasteiger partial charge in [0.05, 0.1) is 0 Å². The summed E-state index contributed by atoms with van der Waals surface area (Å²) in [7, 11) is 2.16. The third-order valence-electron chi connectivity index (χ3n) is 3.18. The molecule has 1 N–H and O–H groups in total. The first-order valence-electron chi connectivity index (χ1n) is 5.87. The number of benzene rings is 1. The zero-order valence-corrected chi connectivity index (χ0v) is 10.1. The van der Waals surface area contributed by atoms with Crippen LogP contribution in [0.1, 0.15) is 5.56 Å². The summed E-state index contributed by atoms with van der Waals surface area (Å²) >= 11 is 0. The second kappa shape index (κ2) is 5.32. The summed E-state index contributed by atoms with van der Waals surface area (Å²) in [6.45, 7) is 6.05. The standard InChI is InChI=1S/C13H20N2O/c1-11-5-3-4-6-13(11)16-8-7-15(2)12-9-14-10-12/h3-6,12,14H,7-10H2,1-2H3. The highest BCUT2D eigenvalue weighted by atomic mass is 16.5. The molecule has 0 bridgehead atoms. The zero-order chi connectivity index (χ0) is 11.4. The smallest absolute Gasteiger partial charge is 0.122 e. The van der Waals surface area contributed by atoms with E-state index >= 15 is 0 Å². The molecule has 1 aromatic rings. The first kappa shape index (κ1) is 11.4. The van der Waals surface area contributed by atoms with Gasteiger partial charge in [0.15, 0.2) is 0 Å². The molecular weight excluding hydrogens is 200 g/mol. The van der Waals surface area contributed by atoms with Gasteiger partial charge < -0.3 is 10.1 Å². The minimum absolute atomic E-state index is 0.695. The van der Waals surface area contributed by atoms with Crippen molar-refractivity contribution in [2.45, 2.75) is 13.0 Å². The summed E-state index contributed by atoms with van der Waals surface area (Å²) in [6.07, 6.45) is 0. The number of ether oxygens (including phenoxy) is 1.